The van der Waals surface area contributed by atoms with Crippen molar-refractivity contribution >= 4 is 14.1 Å². The van der Waals surface area contributed by atoms with Gasteiger partial charge in [0.15, 0.2) is 17.2 Å². The van der Waals surface area contributed by atoms with Crippen LogP contribution in [0.25, 0.3) is 0 Å². The second kappa shape index (κ2) is 16.0. The summed E-state index contributed by atoms with van der Waals surface area (Å²) in [5.41, 5.74) is 0.463. The largest absolute Gasteiger partial charge is 0.407 e. The minimum Gasteiger partial charge on any atom is -0.407 e. The lowest BCUT2D eigenvalue weighted by atomic mass is 9.80. The molecule has 2 aliphatic rings. The molecule has 1 aliphatic carbocycles. The van der Waals surface area contributed by atoms with Crippen LogP contribution in [0.15, 0.2) is 24.3 Å². The topological polar surface area (TPSA) is 44.8 Å². The summed E-state index contributed by atoms with van der Waals surface area (Å²) >= 11 is 0. The van der Waals surface area contributed by atoms with Crippen molar-refractivity contribution in [2.24, 2.45) is 0 Å². The molecule has 2 rings (SSSR count). The maximum absolute atomic E-state index is 13.4. The van der Waals surface area contributed by atoms with Gasteiger partial charge in [-0.15, -0.1) is 0 Å². The molecule has 0 aromatic rings. The first-order valence-electron chi connectivity index (χ1n) is 16.4. The third kappa shape index (κ3) is 9.12. The van der Waals surface area contributed by atoms with Gasteiger partial charge in [0, 0.05) is 0 Å². The minimum atomic E-state index is -2.15. The third-order valence-corrected chi connectivity index (χ3v) is 15.2. The highest BCUT2D eigenvalue weighted by molar-refractivity contribution is 6.77. The van der Waals surface area contributed by atoms with Crippen LogP contribution in [-0.2, 0) is 18.7 Å². The summed E-state index contributed by atoms with van der Waals surface area (Å²) in [6.07, 6.45) is 23.4. The highest BCUT2D eigenvalue weighted by atomic mass is 28.4. The van der Waals surface area contributed by atoms with Gasteiger partial charge in [-0.05, 0) is 75.1 Å². The average molecular weight is 563 g/mol. The Morgan fingerprint density at radius 1 is 0.846 bits per heavy atom. The predicted octanol–water partition coefficient (Wildman–Crippen LogP) is 10.2. The number of fused-ring (bicyclic) bond motifs is 1. The van der Waals surface area contributed by atoms with Crippen molar-refractivity contribution in [2.75, 3.05) is 0 Å². The van der Waals surface area contributed by atoms with Gasteiger partial charge in [0.2, 0.25) is 8.32 Å². The summed E-state index contributed by atoms with van der Waals surface area (Å²) in [6, 6.07) is 0. The molecule has 0 saturated carbocycles. The van der Waals surface area contributed by atoms with E-state index in [-0.39, 0.29) is 18.0 Å². The lowest BCUT2D eigenvalue weighted by Crippen LogP contribution is -2.59. The van der Waals surface area contributed by atoms with Gasteiger partial charge in [0.05, 0.1) is 6.10 Å². The molecule has 4 nitrogen and oxygen atoms in total. The van der Waals surface area contributed by atoms with E-state index < -0.39 is 19.7 Å². The van der Waals surface area contributed by atoms with Crippen molar-refractivity contribution < 1.29 is 18.7 Å². The fourth-order valence-corrected chi connectivity index (χ4v) is 12.7. The number of ether oxygens (including phenoxy) is 2. The first-order valence-corrected chi connectivity index (χ1v) is 18.5. The molecule has 1 heterocycles. The van der Waals surface area contributed by atoms with E-state index in [2.05, 4.69) is 60.6 Å². The second-order valence-corrected chi connectivity index (χ2v) is 18.9. The molecule has 0 radical (unpaired) electrons. The van der Waals surface area contributed by atoms with Crippen molar-refractivity contribution in [3.8, 4) is 0 Å². The van der Waals surface area contributed by atoms with Crippen molar-refractivity contribution in [3.05, 3.63) is 24.3 Å². The van der Waals surface area contributed by atoms with Crippen LogP contribution in [0.2, 0.25) is 16.6 Å². The molecule has 0 aromatic carbocycles. The first-order chi connectivity index (χ1) is 18.4. The molecular formula is C34H62O4Si. The molecule has 5 heteroatoms. The van der Waals surface area contributed by atoms with Gasteiger partial charge in [-0.3, -0.25) is 4.79 Å². The van der Waals surface area contributed by atoms with E-state index in [0.29, 0.717) is 23.0 Å². The van der Waals surface area contributed by atoms with Gasteiger partial charge in [-0.25, -0.2) is 0 Å². The zero-order valence-corrected chi connectivity index (χ0v) is 28.0. The number of carbonyl (C=O) groups is 1. The van der Waals surface area contributed by atoms with E-state index in [1.807, 2.05) is 19.9 Å². The molecule has 0 spiro atoms. The normalized spacial score (nSPS) is 25.1. The maximum Gasteiger partial charge on any atom is 0.201 e. The van der Waals surface area contributed by atoms with Crippen LogP contribution in [-0.4, -0.2) is 37.7 Å². The van der Waals surface area contributed by atoms with Gasteiger partial charge in [0.25, 0.3) is 0 Å². The van der Waals surface area contributed by atoms with Crippen LogP contribution in [0, 0.1) is 0 Å². The summed E-state index contributed by atoms with van der Waals surface area (Å²) in [5, 5.41) is 0. The molecule has 0 bridgehead atoms. The number of rotatable bonds is 19. The maximum atomic E-state index is 13.4. The van der Waals surface area contributed by atoms with Crippen LogP contribution >= 0.6 is 0 Å². The van der Waals surface area contributed by atoms with Gasteiger partial charge < -0.3 is 13.9 Å². The van der Waals surface area contributed by atoms with E-state index in [0.717, 1.165) is 12.8 Å². The molecule has 0 amide bonds. The molecule has 0 N–H and O–H groups in total. The smallest absolute Gasteiger partial charge is 0.201 e. The van der Waals surface area contributed by atoms with Crippen LogP contribution in [0.3, 0.4) is 0 Å². The average Bonchev–Trinajstić information content (AvgIpc) is 3.15. The molecule has 1 fully saturated rings. The van der Waals surface area contributed by atoms with Gasteiger partial charge >= 0.3 is 0 Å². The van der Waals surface area contributed by atoms with Gasteiger partial charge in [-0.1, -0.05) is 112 Å². The first kappa shape index (κ1) is 34.4. The molecular weight excluding hydrogens is 500 g/mol. The van der Waals surface area contributed by atoms with Crippen LogP contribution < -0.4 is 0 Å². The Kier molecular flexibility index (Phi) is 14.2. The Bertz CT molecular complexity index is 762. The molecule has 3 atom stereocenters. The highest BCUT2D eigenvalue weighted by Gasteiger charge is 2.62. The quantitative estimate of drug-likeness (QED) is 0.0892. The number of ketones is 1. The lowest BCUT2D eigenvalue weighted by Gasteiger charge is -2.47. The van der Waals surface area contributed by atoms with Crippen molar-refractivity contribution in [1.29, 1.82) is 0 Å². The van der Waals surface area contributed by atoms with Crippen molar-refractivity contribution in [3.63, 3.8) is 0 Å². The Morgan fingerprint density at radius 2 is 1.36 bits per heavy atom. The highest BCUT2D eigenvalue weighted by Crippen LogP contribution is 2.49. The Labute approximate surface area is 242 Å². The number of hydrogen-bond donors (Lipinski definition) is 0. The third-order valence-electron chi connectivity index (χ3n) is 9.06. The van der Waals surface area contributed by atoms with Crippen LogP contribution in [0.1, 0.15) is 146 Å². The van der Waals surface area contributed by atoms with E-state index in [9.17, 15) is 4.79 Å². The Balaban J connectivity index is 1.91. The molecule has 39 heavy (non-hydrogen) atoms. The molecule has 1 aliphatic heterocycles. The predicted molar refractivity (Wildman–Crippen MR) is 168 cm³/mol. The Morgan fingerprint density at radius 3 is 1.90 bits per heavy atom. The van der Waals surface area contributed by atoms with E-state index >= 15 is 0 Å². The summed E-state index contributed by atoms with van der Waals surface area (Å²) in [5.74, 6) is -0.753. The summed E-state index contributed by atoms with van der Waals surface area (Å²) in [6.45, 7) is 20.0. The second-order valence-electron chi connectivity index (χ2n) is 13.5. The minimum absolute atomic E-state index is 0.0451. The van der Waals surface area contributed by atoms with Gasteiger partial charge in [0.1, 0.15) is 6.10 Å². The molecule has 0 aromatic heterocycles. The SMILES string of the molecule is CCCCCCC/C=C\CCCCCCC[C@@]12OC(C)(C)O[C@@H]1[C@@H](O[Si](C(C)C)(C(C)C)C(C)C)C=CC2=O. The van der Waals surface area contributed by atoms with Gasteiger partial charge in [-0.2, -0.15) is 0 Å². The molecule has 1 saturated heterocycles. The number of allylic oxidation sites excluding steroid dienone is 2. The molecule has 0 unspecified atom stereocenters. The number of carbonyl (C=O) groups excluding carboxylic acids is 1. The van der Waals surface area contributed by atoms with Crippen LogP contribution in [0.4, 0.5) is 0 Å². The standard InChI is InChI=1S/C34H62O4Si/c1-10-11-12-13-14-15-16-17-18-19-20-21-22-23-26-34-31(35)25-24-30(32(34)36-33(8,9)38-34)37-39(27(2)3,28(4)5)29(6)7/h16-17,24-25,27-30,32H,10-15,18-23,26H2,1-9H3/b17-16-/t30-,32+,34-/m0/s1. The number of hydrogen-bond acceptors (Lipinski definition) is 4. The van der Waals surface area contributed by atoms with E-state index in [1.54, 1.807) is 6.08 Å². The van der Waals surface area contributed by atoms with Crippen LogP contribution in [0.5, 0.6) is 0 Å². The Hall–Kier alpha value is -0.753. The van der Waals surface area contributed by atoms with Crippen molar-refractivity contribution in [2.45, 2.75) is 186 Å². The zero-order valence-electron chi connectivity index (χ0n) is 27.0. The summed E-state index contributed by atoms with van der Waals surface area (Å²) < 4.78 is 20.1. The van der Waals surface area contributed by atoms with Crippen molar-refractivity contribution in [1.82, 2.24) is 0 Å². The van der Waals surface area contributed by atoms with E-state index in [4.69, 9.17) is 13.9 Å². The fourth-order valence-electron chi connectivity index (χ4n) is 7.21. The lowest BCUT2D eigenvalue weighted by molar-refractivity contribution is -0.171. The monoisotopic (exact) mass is 562 g/mol. The fraction of sp³-hybridized carbons (Fsp3) is 0.853. The molecule has 226 valence electrons. The summed E-state index contributed by atoms with van der Waals surface area (Å²) in [4.78, 5) is 13.4. The number of unbranched alkanes of at least 4 members (excludes halogenated alkanes) is 10. The summed E-state index contributed by atoms with van der Waals surface area (Å²) in [7, 11) is -2.15. The zero-order chi connectivity index (χ0) is 29.1. The van der Waals surface area contributed by atoms with E-state index in [1.165, 1.54) is 64.2 Å².